The van der Waals surface area contributed by atoms with Gasteiger partial charge in [-0.05, 0) is 26.0 Å². The van der Waals surface area contributed by atoms with Crippen molar-refractivity contribution in [2.45, 2.75) is 27.0 Å². The number of aromatic nitrogens is 3. The summed E-state index contributed by atoms with van der Waals surface area (Å²) >= 11 is 6.14. The fraction of sp³-hybridized carbons (Fsp3) is 0.211. The maximum atomic E-state index is 13.7. The first-order valence-electron chi connectivity index (χ1n) is 8.09. The molecule has 0 bridgehead atoms. The number of rotatable bonds is 5. The number of ether oxygens (including phenoxy) is 1. The molecule has 2 aromatic heterocycles. The lowest BCUT2D eigenvalue weighted by atomic mass is 10.2. The molecule has 0 unspecified atom stereocenters. The molecule has 3 rings (SSSR count). The number of hydrogen-bond donors (Lipinski definition) is 0. The first-order valence-corrected chi connectivity index (χ1v) is 8.47. The summed E-state index contributed by atoms with van der Waals surface area (Å²) in [5.41, 5.74) is 1.70. The number of pyridine rings is 1. The topological polar surface area (TPSA) is 57.0 Å². The van der Waals surface area contributed by atoms with Gasteiger partial charge in [-0.25, -0.2) is 8.78 Å². The Morgan fingerprint density at radius 1 is 1.15 bits per heavy atom. The molecule has 0 atom stereocenters. The van der Waals surface area contributed by atoms with Crippen LogP contribution >= 0.6 is 11.6 Å². The number of nitrogens with zero attached hydrogens (tertiary/aromatic N) is 3. The molecular weight excluding hydrogens is 376 g/mol. The van der Waals surface area contributed by atoms with Crippen LogP contribution in [0.2, 0.25) is 5.02 Å². The maximum absolute atomic E-state index is 13.7. The predicted octanol–water partition coefficient (Wildman–Crippen LogP) is 3.81. The molecule has 5 nitrogen and oxygen atoms in total. The molecule has 0 saturated heterocycles. The van der Waals surface area contributed by atoms with Crippen LogP contribution in [0.4, 0.5) is 8.78 Å². The minimum absolute atomic E-state index is 0.122. The van der Waals surface area contributed by atoms with Gasteiger partial charge in [-0.2, -0.15) is 0 Å². The number of hydrogen-bond acceptors (Lipinski definition) is 4. The summed E-state index contributed by atoms with van der Waals surface area (Å²) in [5.74, 6) is -1.27. The molecule has 27 heavy (non-hydrogen) atoms. The van der Waals surface area contributed by atoms with Crippen LogP contribution in [0.5, 0.6) is 5.75 Å². The molecule has 0 radical (unpaired) electrons. The van der Waals surface area contributed by atoms with Crippen LogP contribution in [0, 0.1) is 25.5 Å². The van der Waals surface area contributed by atoms with E-state index in [2.05, 4.69) is 9.97 Å². The Morgan fingerprint density at radius 3 is 2.59 bits per heavy atom. The van der Waals surface area contributed by atoms with Crippen molar-refractivity contribution in [3.8, 4) is 5.75 Å². The average molecular weight is 392 g/mol. The van der Waals surface area contributed by atoms with Crippen LogP contribution in [0.1, 0.15) is 22.6 Å². The SMILES string of the molecule is Cc1cnc(Cn2c(C)cc(OCc3ccc(F)cc3F)c(Cl)c2=O)cn1. The molecule has 0 aliphatic heterocycles. The van der Waals surface area contributed by atoms with Crippen molar-refractivity contribution in [1.29, 1.82) is 0 Å². The van der Waals surface area contributed by atoms with Gasteiger partial charge in [0.2, 0.25) is 0 Å². The van der Waals surface area contributed by atoms with Crippen LogP contribution in [-0.2, 0) is 13.2 Å². The maximum Gasteiger partial charge on any atom is 0.273 e. The molecule has 0 spiro atoms. The number of halogens is 3. The minimum atomic E-state index is -0.728. The Balaban J connectivity index is 1.83. The second-order valence-electron chi connectivity index (χ2n) is 6.03. The third-order valence-corrected chi connectivity index (χ3v) is 4.32. The third-order valence-electron chi connectivity index (χ3n) is 3.97. The zero-order valence-electron chi connectivity index (χ0n) is 14.7. The largest absolute Gasteiger partial charge is 0.487 e. The highest BCUT2D eigenvalue weighted by Crippen LogP contribution is 2.24. The quantitative estimate of drug-likeness (QED) is 0.663. The molecule has 0 fully saturated rings. The normalized spacial score (nSPS) is 10.9. The summed E-state index contributed by atoms with van der Waals surface area (Å²) in [4.78, 5) is 21.0. The fourth-order valence-corrected chi connectivity index (χ4v) is 2.68. The highest BCUT2D eigenvalue weighted by atomic mass is 35.5. The summed E-state index contributed by atoms with van der Waals surface area (Å²) in [6, 6.07) is 4.77. The molecule has 3 aromatic rings. The van der Waals surface area contributed by atoms with Gasteiger partial charge in [-0.3, -0.25) is 14.8 Å². The van der Waals surface area contributed by atoms with Gasteiger partial charge in [0.05, 0.1) is 24.1 Å². The van der Waals surface area contributed by atoms with E-state index in [1.807, 2.05) is 6.92 Å². The second kappa shape index (κ2) is 7.84. The molecule has 0 saturated carbocycles. The Morgan fingerprint density at radius 2 is 1.93 bits per heavy atom. The Labute approximate surface area is 159 Å². The van der Waals surface area contributed by atoms with Gasteiger partial charge in [-0.1, -0.05) is 11.6 Å². The van der Waals surface area contributed by atoms with Crippen LogP contribution < -0.4 is 10.3 Å². The molecule has 0 amide bonds. The van der Waals surface area contributed by atoms with Gasteiger partial charge in [-0.15, -0.1) is 0 Å². The average Bonchev–Trinajstić information content (AvgIpc) is 2.63. The zero-order valence-corrected chi connectivity index (χ0v) is 15.4. The Bertz CT molecular complexity index is 1040. The van der Waals surface area contributed by atoms with E-state index in [9.17, 15) is 13.6 Å². The standard InChI is InChI=1S/C19H16ClF2N3O2/c1-11-7-24-15(8-23-11)9-25-12(2)5-17(18(20)19(25)26)27-10-13-3-4-14(21)6-16(13)22/h3-8H,9-10H2,1-2H3. The highest BCUT2D eigenvalue weighted by Gasteiger charge is 2.14. The number of aryl methyl sites for hydroxylation is 2. The summed E-state index contributed by atoms with van der Waals surface area (Å²) in [5, 5.41) is -0.122. The highest BCUT2D eigenvalue weighted by molar-refractivity contribution is 6.31. The van der Waals surface area contributed by atoms with E-state index in [1.165, 1.54) is 10.6 Å². The molecular formula is C19H16ClF2N3O2. The van der Waals surface area contributed by atoms with Gasteiger partial charge >= 0.3 is 0 Å². The van der Waals surface area contributed by atoms with E-state index in [4.69, 9.17) is 16.3 Å². The lowest BCUT2D eigenvalue weighted by Crippen LogP contribution is -2.24. The zero-order chi connectivity index (χ0) is 19.6. The van der Waals surface area contributed by atoms with Crippen molar-refractivity contribution in [1.82, 2.24) is 14.5 Å². The van der Waals surface area contributed by atoms with E-state index < -0.39 is 17.2 Å². The van der Waals surface area contributed by atoms with Gasteiger partial charge in [0, 0.05) is 29.6 Å². The monoisotopic (exact) mass is 391 g/mol. The lowest BCUT2D eigenvalue weighted by Gasteiger charge is -2.14. The smallest absolute Gasteiger partial charge is 0.273 e. The van der Waals surface area contributed by atoms with Crippen molar-refractivity contribution in [3.05, 3.63) is 86.3 Å². The number of benzene rings is 1. The second-order valence-corrected chi connectivity index (χ2v) is 6.41. The summed E-state index contributed by atoms with van der Waals surface area (Å²) < 4.78 is 33.6. The molecule has 0 N–H and O–H groups in total. The molecule has 1 aromatic carbocycles. The molecule has 2 heterocycles. The van der Waals surface area contributed by atoms with E-state index in [1.54, 1.807) is 25.4 Å². The molecule has 8 heteroatoms. The Hall–Kier alpha value is -2.80. The van der Waals surface area contributed by atoms with Gasteiger partial charge < -0.3 is 9.30 Å². The minimum Gasteiger partial charge on any atom is -0.487 e. The van der Waals surface area contributed by atoms with E-state index in [0.717, 1.165) is 17.8 Å². The van der Waals surface area contributed by atoms with Crippen LogP contribution in [0.3, 0.4) is 0 Å². The van der Waals surface area contributed by atoms with Gasteiger partial charge in [0.1, 0.15) is 29.0 Å². The van der Waals surface area contributed by atoms with Gasteiger partial charge in [0.15, 0.2) is 0 Å². The van der Waals surface area contributed by atoms with Crippen molar-refractivity contribution < 1.29 is 13.5 Å². The van der Waals surface area contributed by atoms with Gasteiger partial charge in [0.25, 0.3) is 5.56 Å². The van der Waals surface area contributed by atoms with Crippen LogP contribution in [-0.4, -0.2) is 14.5 Å². The Kier molecular flexibility index (Phi) is 5.51. The third kappa shape index (κ3) is 4.31. The lowest BCUT2D eigenvalue weighted by molar-refractivity contribution is 0.298. The fourth-order valence-electron chi connectivity index (χ4n) is 2.47. The molecule has 0 aliphatic rings. The molecule has 140 valence electrons. The van der Waals surface area contributed by atoms with E-state index >= 15 is 0 Å². The first kappa shape index (κ1) is 19.0. The van der Waals surface area contributed by atoms with E-state index in [0.29, 0.717) is 11.4 Å². The van der Waals surface area contributed by atoms with Crippen LogP contribution in [0.25, 0.3) is 0 Å². The predicted molar refractivity (Wildman–Crippen MR) is 97.0 cm³/mol. The van der Waals surface area contributed by atoms with E-state index in [-0.39, 0.29) is 29.5 Å². The summed E-state index contributed by atoms with van der Waals surface area (Å²) in [6.45, 7) is 3.58. The first-order chi connectivity index (χ1) is 12.8. The van der Waals surface area contributed by atoms with Crippen molar-refractivity contribution in [2.75, 3.05) is 0 Å². The van der Waals surface area contributed by atoms with Crippen molar-refractivity contribution in [2.24, 2.45) is 0 Å². The summed E-state index contributed by atoms with van der Waals surface area (Å²) in [7, 11) is 0. The summed E-state index contributed by atoms with van der Waals surface area (Å²) in [6.07, 6.45) is 3.21. The van der Waals surface area contributed by atoms with Crippen molar-refractivity contribution in [3.63, 3.8) is 0 Å². The molecule has 0 aliphatic carbocycles. The van der Waals surface area contributed by atoms with Crippen molar-refractivity contribution >= 4 is 11.6 Å². The van der Waals surface area contributed by atoms with Crippen LogP contribution in [0.15, 0.2) is 41.5 Å².